The van der Waals surface area contributed by atoms with Gasteiger partial charge in [0.05, 0.1) is 42.9 Å². The molecule has 5 heteroatoms. The Morgan fingerprint density at radius 2 is 2.33 bits per heavy atom. The summed E-state index contributed by atoms with van der Waals surface area (Å²) in [7, 11) is 0. The van der Waals surface area contributed by atoms with Gasteiger partial charge in [-0.2, -0.15) is 5.26 Å². The number of nitrogens with zero attached hydrogens (tertiary/aromatic N) is 2. The van der Waals surface area contributed by atoms with E-state index in [1.165, 1.54) is 0 Å². The van der Waals surface area contributed by atoms with Crippen molar-refractivity contribution in [3.05, 3.63) is 23.0 Å². The van der Waals surface area contributed by atoms with E-state index in [0.717, 1.165) is 17.1 Å². The maximum Gasteiger partial charge on any atom is 0.103 e. The first-order valence-corrected chi connectivity index (χ1v) is 6.02. The number of aromatic nitrogens is 1. The molecular weight excluding hydrogens is 230 g/mol. The number of hydrogen-bond acceptors (Lipinski definition) is 5. The van der Waals surface area contributed by atoms with E-state index in [-0.39, 0.29) is 6.10 Å². The van der Waals surface area contributed by atoms with Crippen LogP contribution in [-0.2, 0) is 9.47 Å². The lowest BCUT2D eigenvalue weighted by molar-refractivity contribution is -0.0818. The number of hydrogen-bond donors (Lipinski definition) is 1. The summed E-state index contributed by atoms with van der Waals surface area (Å²) in [4.78, 5) is 4.28. The van der Waals surface area contributed by atoms with Gasteiger partial charge in [-0.05, 0) is 19.9 Å². The summed E-state index contributed by atoms with van der Waals surface area (Å²) < 4.78 is 10.9. The third kappa shape index (κ3) is 2.97. The lowest BCUT2D eigenvalue weighted by atomic mass is 10.1. The molecule has 1 fully saturated rings. The highest BCUT2D eigenvalue weighted by Gasteiger charge is 2.15. The second kappa shape index (κ2) is 5.80. The Balaban J connectivity index is 2.06. The molecule has 96 valence electrons. The fourth-order valence-electron chi connectivity index (χ4n) is 1.99. The molecule has 1 unspecified atom stereocenters. The van der Waals surface area contributed by atoms with Crippen LogP contribution in [0.3, 0.4) is 0 Å². The Kier molecular flexibility index (Phi) is 4.13. The van der Waals surface area contributed by atoms with Crippen LogP contribution in [0.2, 0.25) is 0 Å². The van der Waals surface area contributed by atoms with E-state index in [1.54, 1.807) is 0 Å². The minimum absolute atomic E-state index is 0.0408. The maximum atomic E-state index is 9.14. The van der Waals surface area contributed by atoms with Crippen LogP contribution in [0.25, 0.3) is 0 Å². The van der Waals surface area contributed by atoms with Crippen LogP contribution in [0.15, 0.2) is 6.07 Å². The molecular formula is C13H17N3O2. The second-order valence-corrected chi connectivity index (χ2v) is 4.33. The van der Waals surface area contributed by atoms with Gasteiger partial charge < -0.3 is 14.8 Å². The first kappa shape index (κ1) is 12.8. The zero-order valence-electron chi connectivity index (χ0n) is 10.7. The van der Waals surface area contributed by atoms with Crippen LogP contribution in [0.5, 0.6) is 0 Å². The Morgan fingerprint density at radius 3 is 3.00 bits per heavy atom. The first-order chi connectivity index (χ1) is 8.70. The van der Waals surface area contributed by atoms with Crippen molar-refractivity contribution in [2.75, 3.05) is 31.7 Å². The minimum atomic E-state index is 0.0408. The van der Waals surface area contributed by atoms with Gasteiger partial charge in [0.1, 0.15) is 6.07 Å². The van der Waals surface area contributed by atoms with E-state index in [1.807, 2.05) is 19.9 Å². The molecule has 1 aromatic rings. The van der Waals surface area contributed by atoms with Crippen molar-refractivity contribution in [3.63, 3.8) is 0 Å². The van der Waals surface area contributed by atoms with E-state index in [4.69, 9.17) is 14.7 Å². The van der Waals surface area contributed by atoms with Crippen molar-refractivity contribution in [3.8, 4) is 6.07 Å². The van der Waals surface area contributed by atoms with Gasteiger partial charge in [-0.3, -0.25) is 4.98 Å². The van der Waals surface area contributed by atoms with Crippen molar-refractivity contribution in [1.29, 1.82) is 5.26 Å². The smallest absolute Gasteiger partial charge is 0.103 e. The topological polar surface area (TPSA) is 67.2 Å². The fraction of sp³-hybridized carbons (Fsp3) is 0.538. The highest BCUT2D eigenvalue weighted by Crippen LogP contribution is 2.18. The van der Waals surface area contributed by atoms with Gasteiger partial charge in [-0.1, -0.05) is 0 Å². The normalized spacial score (nSPS) is 19.3. The molecule has 5 nitrogen and oxygen atoms in total. The van der Waals surface area contributed by atoms with Gasteiger partial charge in [0.25, 0.3) is 0 Å². The lowest BCUT2D eigenvalue weighted by Crippen LogP contribution is -2.34. The van der Waals surface area contributed by atoms with Crippen molar-refractivity contribution < 1.29 is 9.47 Å². The highest BCUT2D eigenvalue weighted by molar-refractivity contribution is 5.59. The summed E-state index contributed by atoms with van der Waals surface area (Å²) in [6, 6.07) is 4.07. The monoisotopic (exact) mass is 247 g/mol. The van der Waals surface area contributed by atoms with Gasteiger partial charge in [0.15, 0.2) is 0 Å². The summed E-state index contributed by atoms with van der Waals surface area (Å²) in [5, 5.41) is 12.4. The third-order valence-electron chi connectivity index (χ3n) is 2.85. The van der Waals surface area contributed by atoms with E-state index in [9.17, 15) is 0 Å². The predicted molar refractivity (Wildman–Crippen MR) is 67.5 cm³/mol. The van der Waals surface area contributed by atoms with Crippen LogP contribution in [0, 0.1) is 25.2 Å². The molecule has 0 bridgehead atoms. The summed E-state index contributed by atoms with van der Waals surface area (Å²) in [6.45, 7) is 6.28. The number of ether oxygens (including phenoxy) is 2. The number of aryl methyl sites for hydroxylation is 2. The molecule has 0 saturated carbocycles. The third-order valence-corrected chi connectivity index (χ3v) is 2.85. The molecule has 1 aliphatic heterocycles. The molecule has 2 rings (SSSR count). The molecule has 1 aliphatic rings. The van der Waals surface area contributed by atoms with Crippen LogP contribution in [0.1, 0.15) is 17.0 Å². The van der Waals surface area contributed by atoms with Crippen molar-refractivity contribution in [1.82, 2.24) is 4.98 Å². The molecule has 2 heterocycles. The Hall–Kier alpha value is -1.64. The number of anilines is 1. The van der Waals surface area contributed by atoms with Crippen LogP contribution < -0.4 is 5.32 Å². The predicted octanol–water partition coefficient (Wildman–Crippen LogP) is 1.40. The summed E-state index contributed by atoms with van der Waals surface area (Å²) in [5.74, 6) is 0. The van der Waals surface area contributed by atoms with Crippen LogP contribution >= 0.6 is 0 Å². The SMILES string of the molecule is Cc1cc(NCC2COCCO2)c(C#N)c(C)n1. The summed E-state index contributed by atoms with van der Waals surface area (Å²) in [5.41, 5.74) is 3.06. The zero-order valence-corrected chi connectivity index (χ0v) is 10.7. The molecule has 18 heavy (non-hydrogen) atoms. The maximum absolute atomic E-state index is 9.14. The number of nitriles is 1. The van der Waals surface area contributed by atoms with Gasteiger partial charge >= 0.3 is 0 Å². The van der Waals surface area contributed by atoms with E-state index < -0.39 is 0 Å². The van der Waals surface area contributed by atoms with E-state index >= 15 is 0 Å². The molecule has 0 amide bonds. The number of pyridine rings is 1. The van der Waals surface area contributed by atoms with Gasteiger partial charge in [-0.25, -0.2) is 0 Å². The minimum Gasteiger partial charge on any atom is -0.381 e. The van der Waals surface area contributed by atoms with Crippen molar-refractivity contribution in [2.45, 2.75) is 20.0 Å². The lowest BCUT2D eigenvalue weighted by Gasteiger charge is -2.23. The van der Waals surface area contributed by atoms with Crippen molar-refractivity contribution >= 4 is 5.69 Å². The van der Waals surface area contributed by atoms with Crippen LogP contribution in [0.4, 0.5) is 5.69 Å². The number of nitrogens with one attached hydrogen (secondary N) is 1. The highest BCUT2D eigenvalue weighted by atomic mass is 16.6. The molecule has 1 aromatic heterocycles. The first-order valence-electron chi connectivity index (χ1n) is 6.02. The second-order valence-electron chi connectivity index (χ2n) is 4.33. The van der Waals surface area contributed by atoms with Gasteiger partial charge in [0.2, 0.25) is 0 Å². The molecule has 0 spiro atoms. The van der Waals surface area contributed by atoms with E-state index in [0.29, 0.717) is 31.9 Å². The zero-order chi connectivity index (χ0) is 13.0. The van der Waals surface area contributed by atoms with Gasteiger partial charge in [0, 0.05) is 12.2 Å². The fourth-order valence-corrected chi connectivity index (χ4v) is 1.99. The van der Waals surface area contributed by atoms with E-state index in [2.05, 4.69) is 16.4 Å². The molecule has 0 radical (unpaired) electrons. The standard InChI is InChI=1S/C13H17N3O2/c1-9-5-13(12(6-14)10(2)16-9)15-7-11-8-17-3-4-18-11/h5,11H,3-4,7-8H2,1-2H3,(H,15,16). The van der Waals surface area contributed by atoms with Crippen LogP contribution in [-0.4, -0.2) is 37.5 Å². The summed E-state index contributed by atoms with van der Waals surface area (Å²) >= 11 is 0. The Morgan fingerprint density at radius 1 is 1.50 bits per heavy atom. The van der Waals surface area contributed by atoms with Gasteiger partial charge in [-0.15, -0.1) is 0 Å². The summed E-state index contributed by atoms with van der Waals surface area (Å²) in [6.07, 6.45) is 0.0408. The Bertz CT molecular complexity index is 462. The average molecular weight is 247 g/mol. The molecule has 1 atom stereocenters. The molecule has 1 N–H and O–H groups in total. The van der Waals surface area contributed by atoms with Crippen molar-refractivity contribution in [2.24, 2.45) is 0 Å². The number of rotatable bonds is 3. The molecule has 1 saturated heterocycles. The molecule has 0 aromatic carbocycles. The average Bonchev–Trinajstić information content (AvgIpc) is 2.37. The largest absolute Gasteiger partial charge is 0.381 e. The quantitative estimate of drug-likeness (QED) is 0.874. The molecule has 0 aliphatic carbocycles. The Labute approximate surface area is 107 Å².